The molecule has 0 bridgehead atoms. The maximum Gasteiger partial charge on any atom is 0.253 e. The Morgan fingerprint density at radius 2 is 1.79 bits per heavy atom. The van der Waals surface area contributed by atoms with E-state index >= 15 is 0 Å². The van der Waals surface area contributed by atoms with Gasteiger partial charge >= 0.3 is 0 Å². The van der Waals surface area contributed by atoms with Gasteiger partial charge in [0.05, 0.1) is 0 Å². The first-order chi connectivity index (χ1) is 16.5. The van der Waals surface area contributed by atoms with Crippen molar-refractivity contribution in [1.82, 2.24) is 15.5 Å². The molecule has 2 heterocycles. The number of rotatable bonds is 7. The summed E-state index contributed by atoms with van der Waals surface area (Å²) in [5.74, 6) is 0.504. The van der Waals surface area contributed by atoms with E-state index in [1.54, 1.807) is 18.2 Å². The van der Waals surface area contributed by atoms with E-state index in [1.165, 1.54) is 0 Å². The molecule has 1 fully saturated rings. The minimum atomic E-state index is -0.680. The van der Waals surface area contributed by atoms with Crippen molar-refractivity contribution in [2.24, 2.45) is 5.92 Å². The molecule has 2 N–H and O–H groups in total. The summed E-state index contributed by atoms with van der Waals surface area (Å²) in [5.41, 5.74) is 2.12. The Bertz CT molecular complexity index is 1060. The molecule has 2 aromatic carbocycles. The van der Waals surface area contributed by atoms with Crippen LogP contribution in [-0.4, -0.2) is 55.1 Å². The number of piperidine rings is 1. The van der Waals surface area contributed by atoms with Crippen LogP contribution >= 0.6 is 0 Å². The van der Waals surface area contributed by atoms with Gasteiger partial charge in [-0.15, -0.1) is 0 Å². The van der Waals surface area contributed by atoms with Gasteiger partial charge in [0.1, 0.15) is 6.04 Å². The molecule has 2 aliphatic rings. The van der Waals surface area contributed by atoms with E-state index in [1.807, 2.05) is 43.0 Å². The fraction of sp³-hybridized carbons (Fsp3) is 0.423. The molecule has 0 unspecified atom stereocenters. The number of nitrogens with zero attached hydrogens (tertiary/aromatic N) is 1. The van der Waals surface area contributed by atoms with Gasteiger partial charge in [-0.3, -0.25) is 14.4 Å². The zero-order valence-corrected chi connectivity index (χ0v) is 19.6. The van der Waals surface area contributed by atoms with Gasteiger partial charge in [0, 0.05) is 30.8 Å². The molecule has 34 heavy (non-hydrogen) atoms. The Labute approximate surface area is 199 Å². The number of carbonyl (C=O) groups is 3. The molecule has 1 saturated heterocycles. The van der Waals surface area contributed by atoms with Crippen molar-refractivity contribution in [3.8, 4) is 11.5 Å². The van der Waals surface area contributed by atoms with E-state index in [0.29, 0.717) is 55.1 Å². The minimum absolute atomic E-state index is 0.00136. The van der Waals surface area contributed by atoms with E-state index in [0.717, 1.165) is 12.0 Å². The average molecular weight is 466 g/mol. The van der Waals surface area contributed by atoms with Crippen LogP contribution < -0.4 is 20.1 Å². The smallest absolute Gasteiger partial charge is 0.253 e. The van der Waals surface area contributed by atoms with Gasteiger partial charge in [0.2, 0.25) is 12.7 Å². The van der Waals surface area contributed by atoms with Crippen molar-refractivity contribution < 1.29 is 23.9 Å². The van der Waals surface area contributed by atoms with Crippen molar-refractivity contribution in [3.05, 3.63) is 59.2 Å². The first kappa shape index (κ1) is 23.6. The van der Waals surface area contributed by atoms with E-state index in [2.05, 4.69) is 10.6 Å². The molecule has 8 heteroatoms. The van der Waals surface area contributed by atoms with Gasteiger partial charge in [-0.25, -0.2) is 0 Å². The van der Waals surface area contributed by atoms with Crippen LogP contribution in [0.5, 0.6) is 11.5 Å². The largest absolute Gasteiger partial charge is 0.454 e. The van der Waals surface area contributed by atoms with Gasteiger partial charge in [0.15, 0.2) is 11.5 Å². The summed E-state index contributed by atoms with van der Waals surface area (Å²) in [7, 11) is 0. The van der Waals surface area contributed by atoms with Crippen molar-refractivity contribution >= 4 is 17.7 Å². The van der Waals surface area contributed by atoms with Crippen molar-refractivity contribution in [1.29, 1.82) is 0 Å². The Balaban J connectivity index is 1.43. The topological polar surface area (TPSA) is 97.0 Å². The lowest BCUT2D eigenvalue weighted by atomic mass is 9.88. The molecule has 0 radical (unpaired) electrons. The number of carbonyl (C=O) groups excluding carboxylic acids is 3. The standard InChI is InChI=1S/C26H31N3O5/c1-3-11-27-25(31)23(28-24(30)19-7-8-21-22(15-19)34-16-33-21)18-9-12-29(13-10-18)26(32)20-6-4-5-17(2)14-20/h4-8,14-15,18,23H,3,9-13,16H2,1-2H3,(H,27,31)(H,28,30)/t23-/m1/s1. The highest BCUT2D eigenvalue weighted by Gasteiger charge is 2.34. The molecular weight excluding hydrogens is 434 g/mol. The van der Waals surface area contributed by atoms with E-state index < -0.39 is 6.04 Å². The second-order valence-electron chi connectivity index (χ2n) is 8.81. The molecule has 0 aromatic heterocycles. The number of amides is 3. The summed E-state index contributed by atoms with van der Waals surface area (Å²) in [4.78, 5) is 40.7. The molecule has 0 saturated carbocycles. The normalized spacial score (nSPS) is 16.1. The SMILES string of the molecule is CCCNC(=O)[C@H](NC(=O)c1ccc2c(c1)OCO2)C1CCN(C(=O)c2cccc(C)c2)CC1. The maximum atomic E-state index is 13.0. The molecule has 3 amide bonds. The first-order valence-electron chi connectivity index (χ1n) is 11.8. The van der Waals surface area contributed by atoms with E-state index in [9.17, 15) is 14.4 Å². The summed E-state index contributed by atoms with van der Waals surface area (Å²) < 4.78 is 10.7. The molecule has 8 nitrogen and oxygen atoms in total. The fourth-order valence-electron chi connectivity index (χ4n) is 4.41. The number of nitrogens with one attached hydrogen (secondary N) is 2. The van der Waals surface area contributed by atoms with Crippen LogP contribution in [0.3, 0.4) is 0 Å². The molecule has 4 rings (SSSR count). The lowest BCUT2D eigenvalue weighted by Crippen LogP contribution is -2.54. The monoisotopic (exact) mass is 465 g/mol. The molecule has 0 aliphatic carbocycles. The molecule has 180 valence electrons. The zero-order valence-electron chi connectivity index (χ0n) is 19.6. The van der Waals surface area contributed by atoms with Crippen LogP contribution in [0.1, 0.15) is 52.5 Å². The van der Waals surface area contributed by atoms with Crippen molar-refractivity contribution in [2.45, 2.75) is 39.2 Å². The maximum absolute atomic E-state index is 13.0. The Morgan fingerprint density at radius 1 is 1.03 bits per heavy atom. The van der Waals surface area contributed by atoms with Crippen LogP contribution in [0, 0.1) is 12.8 Å². The number of hydrogen-bond donors (Lipinski definition) is 2. The predicted molar refractivity (Wildman–Crippen MR) is 127 cm³/mol. The fourth-order valence-corrected chi connectivity index (χ4v) is 4.41. The van der Waals surface area contributed by atoms with Gasteiger partial charge in [-0.2, -0.15) is 0 Å². The highest BCUT2D eigenvalue weighted by atomic mass is 16.7. The average Bonchev–Trinajstić information content (AvgIpc) is 3.33. The number of likely N-dealkylation sites (tertiary alicyclic amines) is 1. The Kier molecular flexibility index (Phi) is 7.35. The van der Waals surface area contributed by atoms with Crippen LogP contribution in [-0.2, 0) is 4.79 Å². The third-order valence-electron chi connectivity index (χ3n) is 6.32. The van der Waals surface area contributed by atoms with E-state index in [-0.39, 0.29) is 30.4 Å². The van der Waals surface area contributed by atoms with Crippen LogP contribution in [0.15, 0.2) is 42.5 Å². The summed E-state index contributed by atoms with van der Waals surface area (Å²) in [6, 6.07) is 11.9. The van der Waals surface area contributed by atoms with Crippen LogP contribution in [0.2, 0.25) is 0 Å². The lowest BCUT2D eigenvalue weighted by molar-refractivity contribution is -0.124. The number of fused-ring (bicyclic) bond motifs is 1. The molecular formula is C26H31N3O5. The molecule has 2 aromatic rings. The number of hydrogen-bond acceptors (Lipinski definition) is 5. The van der Waals surface area contributed by atoms with Crippen LogP contribution in [0.4, 0.5) is 0 Å². The number of aryl methyl sites for hydroxylation is 1. The number of benzene rings is 2. The minimum Gasteiger partial charge on any atom is -0.454 e. The van der Waals surface area contributed by atoms with Crippen LogP contribution in [0.25, 0.3) is 0 Å². The Morgan fingerprint density at radius 3 is 2.53 bits per heavy atom. The van der Waals surface area contributed by atoms with E-state index in [4.69, 9.17) is 9.47 Å². The summed E-state index contributed by atoms with van der Waals surface area (Å²) in [6.45, 7) is 5.69. The molecule has 1 atom stereocenters. The second-order valence-corrected chi connectivity index (χ2v) is 8.81. The molecule has 2 aliphatic heterocycles. The van der Waals surface area contributed by atoms with Gasteiger partial charge in [0.25, 0.3) is 11.8 Å². The first-order valence-corrected chi connectivity index (χ1v) is 11.8. The lowest BCUT2D eigenvalue weighted by Gasteiger charge is -2.36. The second kappa shape index (κ2) is 10.6. The number of ether oxygens (including phenoxy) is 2. The van der Waals surface area contributed by atoms with Gasteiger partial charge in [-0.1, -0.05) is 24.6 Å². The summed E-state index contributed by atoms with van der Waals surface area (Å²) >= 11 is 0. The third kappa shape index (κ3) is 5.32. The molecule has 0 spiro atoms. The summed E-state index contributed by atoms with van der Waals surface area (Å²) in [6.07, 6.45) is 2.06. The Hall–Kier alpha value is -3.55. The highest BCUT2D eigenvalue weighted by Crippen LogP contribution is 2.32. The van der Waals surface area contributed by atoms with Gasteiger partial charge < -0.3 is 25.0 Å². The van der Waals surface area contributed by atoms with Crippen molar-refractivity contribution in [2.75, 3.05) is 26.4 Å². The van der Waals surface area contributed by atoms with Gasteiger partial charge in [-0.05, 0) is 62.4 Å². The zero-order chi connectivity index (χ0) is 24.1. The highest BCUT2D eigenvalue weighted by molar-refractivity contribution is 5.98. The van der Waals surface area contributed by atoms with Crippen molar-refractivity contribution in [3.63, 3.8) is 0 Å². The third-order valence-corrected chi connectivity index (χ3v) is 6.32. The quantitative estimate of drug-likeness (QED) is 0.656. The summed E-state index contributed by atoms with van der Waals surface area (Å²) in [5, 5.41) is 5.85. The predicted octanol–water partition coefficient (Wildman–Crippen LogP) is 2.90.